The molecule has 0 aliphatic carbocycles. The van der Waals surface area contributed by atoms with Crippen molar-refractivity contribution in [1.82, 2.24) is 9.78 Å². The van der Waals surface area contributed by atoms with Crippen molar-refractivity contribution in [3.8, 4) is 11.4 Å². The zero-order valence-electron chi connectivity index (χ0n) is 13.1. The summed E-state index contributed by atoms with van der Waals surface area (Å²) < 4.78 is 6.95. The van der Waals surface area contributed by atoms with E-state index in [4.69, 9.17) is 27.9 Å². The van der Waals surface area contributed by atoms with E-state index in [-0.39, 0.29) is 16.4 Å². The highest BCUT2D eigenvalue weighted by Crippen LogP contribution is 2.34. The fraction of sp³-hybridized carbons (Fsp3) is 0.467. The molecule has 2 rings (SSSR count). The maximum atomic E-state index is 12.2. The van der Waals surface area contributed by atoms with Gasteiger partial charge < -0.3 is 4.74 Å². The Balaban J connectivity index is 2.58. The van der Waals surface area contributed by atoms with E-state index in [2.05, 4.69) is 5.10 Å². The molecule has 0 unspecified atom stereocenters. The van der Waals surface area contributed by atoms with Gasteiger partial charge in [-0.25, -0.2) is 0 Å². The number of nitrogens with zero attached hydrogens (tertiary/aromatic N) is 2. The second-order valence-electron chi connectivity index (χ2n) is 6.24. The Hall–Kier alpha value is -1.04. The monoisotopic (exact) mass is 360 g/mol. The minimum Gasteiger partial charge on any atom is -0.489 e. The molecule has 2 aromatic rings. The average Bonchev–Trinajstić information content (AvgIpc) is 2.74. The molecule has 0 bridgehead atoms. The molecule has 0 fully saturated rings. The maximum Gasteiger partial charge on any atom is 0.329 e. The van der Waals surface area contributed by atoms with Crippen LogP contribution < -0.4 is 9.61 Å². The van der Waals surface area contributed by atoms with E-state index in [1.807, 2.05) is 34.6 Å². The van der Waals surface area contributed by atoms with E-state index in [9.17, 15) is 4.79 Å². The molecule has 1 aromatic carbocycles. The van der Waals surface area contributed by atoms with Gasteiger partial charge in [0.25, 0.3) is 0 Å². The number of aromatic nitrogens is 2. The summed E-state index contributed by atoms with van der Waals surface area (Å²) in [5.41, 5.74) is 0.268. The Morgan fingerprint density at radius 3 is 2.36 bits per heavy atom. The zero-order valence-corrected chi connectivity index (χ0v) is 15.4. The number of rotatable bonds is 3. The van der Waals surface area contributed by atoms with Gasteiger partial charge in [-0.05, 0) is 19.9 Å². The highest BCUT2D eigenvalue weighted by molar-refractivity contribution is 7.09. The van der Waals surface area contributed by atoms with E-state index in [0.717, 1.165) is 16.3 Å². The molecule has 0 aliphatic heterocycles. The molecule has 1 heterocycles. The highest BCUT2D eigenvalue weighted by atomic mass is 35.5. The van der Waals surface area contributed by atoms with Crippen LogP contribution in [0.5, 0.6) is 5.75 Å². The van der Waals surface area contributed by atoms with Crippen molar-refractivity contribution in [3.63, 3.8) is 0 Å². The van der Waals surface area contributed by atoms with Gasteiger partial charge in [0.05, 0.1) is 21.8 Å². The number of halogens is 2. The van der Waals surface area contributed by atoms with E-state index in [1.165, 1.54) is 4.68 Å². The lowest BCUT2D eigenvalue weighted by molar-refractivity contribution is 0.242. The molecule has 0 spiro atoms. The predicted octanol–water partition coefficient (Wildman–Crippen LogP) is 4.69. The van der Waals surface area contributed by atoms with Crippen LogP contribution in [0.3, 0.4) is 0 Å². The summed E-state index contributed by atoms with van der Waals surface area (Å²) in [6.45, 7) is 9.82. The molecular formula is C15H18Cl2N2O2S. The van der Waals surface area contributed by atoms with Crippen LogP contribution in [0.2, 0.25) is 10.0 Å². The van der Waals surface area contributed by atoms with Crippen molar-refractivity contribution in [2.24, 2.45) is 0 Å². The van der Waals surface area contributed by atoms with Crippen LogP contribution in [-0.2, 0) is 5.41 Å². The smallest absolute Gasteiger partial charge is 0.329 e. The second kappa shape index (κ2) is 6.22. The molecule has 120 valence electrons. The van der Waals surface area contributed by atoms with E-state index < -0.39 is 0 Å². The van der Waals surface area contributed by atoms with Crippen molar-refractivity contribution in [2.75, 3.05) is 0 Å². The Morgan fingerprint density at radius 1 is 1.23 bits per heavy atom. The van der Waals surface area contributed by atoms with Gasteiger partial charge in [-0.1, -0.05) is 55.3 Å². The van der Waals surface area contributed by atoms with Gasteiger partial charge in [0, 0.05) is 11.5 Å². The van der Waals surface area contributed by atoms with Gasteiger partial charge in [-0.3, -0.25) is 4.79 Å². The highest BCUT2D eigenvalue weighted by Gasteiger charge is 2.22. The lowest BCUT2D eigenvalue weighted by atomic mass is 9.98. The first-order chi connectivity index (χ1) is 10.1. The van der Waals surface area contributed by atoms with Crippen LogP contribution >= 0.6 is 34.5 Å². The number of hydrogen-bond donors (Lipinski definition) is 0. The fourth-order valence-electron chi connectivity index (χ4n) is 1.76. The summed E-state index contributed by atoms with van der Waals surface area (Å²) in [6, 6.07) is 3.22. The zero-order chi connectivity index (χ0) is 16.7. The minimum absolute atomic E-state index is 0.0381. The largest absolute Gasteiger partial charge is 0.489 e. The number of ether oxygens (including phenoxy) is 1. The SMILES string of the molecule is CC(C)Oc1cc(-n2nc(C(C)(C)C)sc2=O)c(Cl)cc1Cl. The van der Waals surface area contributed by atoms with E-state index in [1.54, 1.807) is 12.1 Å². The topological polar surface area (TPSA) is 44.1 Å². The summed E-state index contributed by atoms with van der Waals surface area (Å²) in [5.74, 6) is 0.480. The Kier molecular flexibility index (Phi) is 4.90. The van der Waals surface area contributed by atoms with Crippen LogP contribution in [-0.4, -0.2) is 15.9 Å². The summed E-state index contributed by atoms with van der Waals surface area (Å²) in [5, 5.41) is 5.91. The van der Waals surface area contributed by atoms with Gasteiger partial charge in [0.15, 0.2) is 0 Å². The van der Waals surface area contributed by atoms with Gasteiger partial charge in [0.1, 0.15) is 10.8 Å². The van der Waals surface area contributed by atoms with Crippen LogP contribution in [0.15, 0.2) is 16.9 Å². The molecule has 0 saturated carbocycles. The molecule has 4 nitrogen and oxygen atoms in total. The third-order valence-electron chi connectivity index (χ3n) is 2.78. The molecular weight excluding hydrogens is 343 g/mol. The van der Waals surface area contributed by atoms with Gasteiger partial charge >= 0.3 is 4.87 Å². The summed E-state index contributed by atoms with van der Waals surface area (Å²) in [6.07, 6.45) is -0.0381. The van der Waals surface area contributed by atoms with Crippen molar-refractivity contribution < 1.29 is 4.74 Å². The molecule has 1 aromatic heterocycles. The van der Waals surface area contributed by atoms with Crippen LogP contribution in [0, 0.1) is 0 Å². The minimum atomic E-state index is -0.203. The lowest BCUT2D eigenvalue weighted by Crippen LogP contribution is -2.15. The van der Waals surface area contributed by atoms with E-state index >= 15 is 0 Å². The third-order valence-corrected chi connectivity index (χ3v) is 4.61. The first-order valence-corrected chi connectivity index (χ1v) is 8.43. The number of benzene rings is 1. The predicted molar refractivity (Wildman–Crippen MR) is 92.2 cm³/mol. The molecule has 7 heteroatoms. The normalized spacial score (nSPS) is 12.0. The molecule has 0 atom stereocenters. The molecule has 0 radical (unpaired) electrons. The summed E-state index contributed by atoms with van der Waals surface area (Å²) in [7, 11) is 0. The van der Waals surface area contributed by atoms with Crippen LogP contribution in [0.4, 0.5) is 0 Å². The van der Waals surface area contributed by atoms with Crippen LogP contribution in [0.25, 0.3) is 5.69 Å². The summed E-state index contributed by atoms with van der Waals surface area (Å²) in [4.78, 5) is 12.1. The van der Waals surface area contributed by atoms with Crippen molar-refractivity contribution in [3.05, 3.63) is 36.9 Å². The Labute approximate surface area is 143 Å². The van der Waals surface area contributed by atoms with Crippen molar-refractivity contribution in [1.29, 1.82) is 0 Å². The van der Waals surface area contributed by atoms with E-state index in [0.29, 0.717) is 21.5 Å². The van der Waals surface area contributed by atoms with Crippen molar-refractivity contribution >= 4 is 34.5 Å². The van der Waals surface area contributed by atoms with Crippen LogP contribution in [0.1, 0.15) is 39.6 Å². The molecule has 0 N–H and O–H groups in total. The average molecular weight is 361 g/mol. The van der Waals surface area contributed by atoms with Gasteiger partial charge in [-0.15, -0.1) is 0 Å². The maximum absolute atomic E-state index is 12.2. The standard InChI is InChI=1S/C15H18Cl2N2O2S/c1-8(2)21-12-7-11(9(16)6-10(12)17)19-14(20)22-13(18-19)15(3,4)5/h6-8H,1-5H3. The molecule has 0 aliphatic rings. The third kappa shape index (κ3) is 3.65. The van der Waals surface area contributed by atoms with Gasteiger partial charge in [-0.2, -0.15) is 9.78 Å². The molecule has 22 heavy (non-hydrogen) atoms. The number of hydrogen-bond acceptors (Lipinski definition) is 4. The van der Waals surface area contributed by atoms with Crippen molar-refractivity contribution in [2.45, 2.75) is 46.1 Å². The van der Waals surface area contributed by atoms with Gasteiger partial charge in [0.2, 0.25) is 0 Å². The Morgan fingerprint density at radius 2 is 1.86 bits per heavy atom. The quantitative estimate of drug-likeness (QED) is 0.797. The first kappa shape index (κ1) is 17.3. The second-order valence-corrected chi connectivity index (χ2v) is 7.99. The lowest BCUT2D eigenvalue weighted by Gasteiger charge is -2.14. The first-order valence-electron chi connectivity index (χ1n) is 6.86. The summed E-state index contributed by atoms with van der Waals surface area (Å²) >= 11 is 13.5. The molecule has 0 saturated heterocycles. The Bertz CT molecular complexity index is 745. The fourth-order valence-corrected chi connectivity index (χ4v) is 3.09. The molecule has 0 amide bonds.